The molecule has 1 fully saturated rings. The van der Waals surface area contributed by atoms with Crippen molar-refractivity contribution < 1.29 is 18.9 Å². The van der Waals surface area contributed by atoms with E-state index >= 15 is 0 Å². The summed E-state index contributed by atoms with van der Waals surface area (Å²) < 4.78 is 5.28. The van der Waals surface area contributed by atoms with Crippen LogP contribution in [-0.2, 0) is 23.3 Å². The summed E-state index contributed by atoms with van der Waals surface area (Å²) in [6, 6.07) is 9.39. The highest BCUT2D eigenvalue weighted by Crippen LogP contribution is 2.33. The van der Waals surface area contributed by atoms with Gasteiger partial charge in [-0.15, -0.1) is 0 Å². The number of hydrogen-bond acceptors (Lipinski definition) is 6. The number of fused-ring (bicyclic) bond motifs is 1. The largest absolute Gasteiger partial charge is 0.423 e. The van der Waals surface area contributed by atoms with E-state index in [1.165, 1.54) is 37.3 Å². The number of carbonyl (C=O) groups is 2. The highest BCUT2D eigenvalue weighted by atomic mass is 35.5. The van der Waals surface area contributed by atoms with E-state index in [-0.39, 0.29) is 17.8 Å². The second-order valence-electron chi connectivity index (χ2n) is 7.64. The molecule has 2 aromatic carbocycles. The van der Waals surface area contributed by atoms with Gasteiger partial charge in [-0.3, -0.25) is 19.8 Å². The van der Waals surface area contributed by atoms with Crippen molar-refractivity contribution in [2.45, 2.75) is 32.4 Å². The number of imide groups is 1. The van der Waals surface area contributed by atoms with Crippen LogP contribution < -0.4 is 10.9 Å². The van der Waals surface area contributed by atoms with Crippen LogP contribution in [0.25, 0.3) is 11.0 Å². The van der Waals surface area contributed by atoms with Gasteiger partial charge >= 0.3 is 11.7 Å². The molecule has 0 bridgehead atoms. The summed E-state index contributed by atoms with van der Waals surface area (Å²) in [4.78, 5) is 49.6. The van der Waals surface area contributed by atoms with Crippen molar-refractivity contribution in [1.82, 2.24) is 10.2 Å². The van der Waals surface area contributed by atoms with Crippen molar-refractivity contribution >= 4 is 40.2 Å². The van der Waals surface area contributed by atoms with Gasteiger partial charge in [-0.2, -0.15) is 0 Å². The first-order valence-corrected chi connectivity index (χ1v) is 10.2. The van der Waals surface area contributed by atoms with Crippen LogP contribution in [0.4, 0.5) is 10.5 Å². The third-order valence-corrected chi connectivity index (χ3v) is 5.97. The number of nitrogens with one attached hydrogen (secondary N) is 1. The quantitative estimate of drug-likeness (QED) is 0.269. The van der Waals surface area contributed by atoms with Gasteiger partial charge in [-0.25, -0.2) is 9.59 Å². The Morgan fingerprint density at radius 2 is 1.91 bits per heavy atom. The molecule has 0 spiro atoms. The number of amides is 3. The molecule has 1 aromatic heterocycles. The minimum atomic E-state index is -1.49. The molecule has 1 atom stereocenters. The first kappa shape index (κ1) is 21.5. The number of nitrogens with zero attached hydrogens (tertiary/aromatic N) is 2. The molecule has 0 aliphatic carbocycles. The zero-order chi connectivity index (χ0) is 23.2. The molecule has 32 heavy (non-hydrogen) atoms. The molecule has 9 nitrogen and oxygen atoms in total. The summed E-state index contributed by atoms with van der Waals surface area (Å²) in [7, 11) is 0. The summed E-state index contributed by atoms with van der Waals surface area (Å²) in [5.41, 5.74) is -0.531. The van der Waals surface area contributed by atoms with E-state index < -0.39 is 28.0 Å². The zero-order valence-electron chi connectivity index (χ0n) is 17.2. The zero-order valence-corrected chi connectivity index (χ0v) is 17.9. The number of non-ortho nitro benzene ring substituents is 1. The molecule has 1 N–H and O–H groups in total. The standard InChI is InChI=1S/C22H18ClN3O6/c1-3-12-7-18-16(10-17(12)23)13(8-19(27)32-18)11-25-20(28)22(2,24-21(25)29)14-5-4-6-15(9-14)26(30)31/h4-10H,3,11H2,1-2H3,(H,24,29). The fourth-order valence-electron chi connectivity index (χ4n) is 3.83. The maximum Gasteiger partial charge on any atom is 0.336 e. The highest BCUT2D eigenvalue weighted by molar-refractivity contribution is 6.32. The maximum atomic E-state index is 13.3. The van der Waals surface area contributed by atoms with Crippen LogP contribution in [0.5, 0.6) is 0 Å². The van der Waals surface area contributed by atoms with Crippen molar-refractivity contribution in [2.75, 3.05) is 0 Å². The van der Waals surface area contributed by atoms with Gasteiger partial charge in [0.2, 0.25) is 0 Å². The fraction of sp³-hybridized carbons (Fsp3) is 0.227. The van der Waals surface area contributed by atoms with Gasteiger partial charge < -0.3 is 9.73 Å². The molecule has 1 aliphatic rings. The maximum absolute atomic E-state index is 13.3. The fourth-order valence-corrected chi connectivity index (χ4v) is 4.12. The van der Waals surface area contributed by atoms with Crippen molar-refractivity contribution in [3.8, 4) is 0 Å². The molecule has 0 radical (unpaired) electrons. The first-order chi connectivity index (χ1) is 15.1. The van der Waals surface area contributed by atoms with E-state index in [0.717, 1.165) is 10.5 Å². The average molecular weight is 456 g/mol. The van der Waals surface area contributed by atoms with Crippen molar-refractivity contribution in [2.24, 2.45) is 0 Å². The third kappa shape index (κ3) is 3.50. The number of aryl methyl sites for hydroxylation is 1. The van der Waals surface area contributed by atoms with Gasteiger partial charge in [0, 0.05) is 28.6 Å². The molecule has 1 aliphatic heterocycles. The molecule has 0 saturated carbocycles. The lowest BCUT2D eigenvalue weighted by atomic mass is 9.91. The summed E-state index contributed by atoms with van der Waals surface area (Å²) in [5.74, 6) is -0.597. The van der Waals surface area contributed by atoms with Gasteiger partial charge in [-0.05, 0) is 42.2 Å². The number of nitro benzene ring substituents is 1. The van der Waals surface area contributed by atoms with Crippen molar-refractivity contribution in [3.63, 3.8) is 0 Å². The summed E-state index contributed by atoms with van der Waals surface area (Å²) in [5, 5.41) is 14.7. The van der Waals surface area contributed by atoms with Crippen LogP contribution in [0.15, 0.2) is 51.7 Å². The molecular formula is C22H18ClN3O6. The Morgan fingerprint density at radius 3 is 2.59 bits per heavy atom. The van der Waals surface area contributed by atoms with Crippen LogP contribution in [0.2, 0.25) is 5.02 Å². The lowest BCUT2D eigenvalue weighted by Gasteiger charge is -2.22. The van der Waals surface area contributed by atoms with Gasteiger partial charge in [-0.1, -0.05) is 30.7 Å². The number of rotatable bonds is 5. The monoisotopic (exact) mass is 455 g/mol. The molecule has 10 heteroatoms. The molecule has 2 heterocycles. The molecule has 4 rings (SSSR count). The van der Waals surface area contributed by atoms with Crippen LogP contribution in [-0.4, -0.2) is 21.8 Å². The number of urea groups is 1. The molecule has 3 aromatic rings. The van der Waals surface area contributed by atoms with E-state index in [2.05, 4.69) is 5.32 Å². The van der Waals surface area contributed by atoms with Crippen molar-refractivity contribution in [3.05, 3.63) is 84.7 Å². The van der Waals surface area contributed by atoms with Crippen molar-refractivity contribution in [1.29, 1.82) is 0 Å². The Hall–Kier alpha value is -3.72. The van der Waals surface area contributed by atoms with Gasteiger partial charge in [0.15, 0.2) is 0 Å². The molecule has 3 amide bonds. The Morgan fingerprint density at radius 1 is 1.16 bits per heavy atom. The summed E-state index contributed by atoms with van der Waals surface area (Å²) >= 11 is 6.32. The lowest BCUT2D eigenvalue weighted by Crippen LogP contribution is -2.40. The van der Waals surface area contributed by atoms with Crippen LogP contribution >= 0.6 is 11.6 Å². The second-order valence-corrected chi connectivity index (χ2v) is 8.05. The first-order valence-electron chi connectivity index (χ1n) is 9.78. The van der Waals surface area contributed by atoms with Gasteiger partial charge in [0.1, 0.15) is 11.1 Å². The molecule has 1 saturated heterocycles. The van der Waals surface area contributed by atoms with E-state index in [1.807, 2.05) is 6.92 Å². The molecular weight excluding hydrogens is 438 g/mol. The Labute approximate surface area is 186 Å². The minimum absolute atomic E-state index is 0.195. The predicted octanol–water partition coefficient (Wildman–Crippen LogP) is 3.88. The van der Waals surface area contributed by atoms with Gasteiger partial charge in [0.25, 0.3) is 11.6 Å². The predicted molar refractivity (Wildman–Crippen MR) is 116 cm³/mol. The van der Waals surface area contributed by atoms with E-state index in [0.29, 0.717) is 28.0 Å². The Balaban J connectivity index is 1.74. The number of nitro groups is 1. The SMILES string of the molecule is CCc1cc2oc(=O)cc(CN3C(=O)NC(C)(c4cccc([N+](=O)[O-])c4)C3=O)c2cc1Cl. The average Bonchev–Trinajstić information content (AvgIpc) is 2.97. The normalized spacial score (nSPS) is 18.3. The third-order valence-electron chi connectivity index (χ3n) is 5.62. The smallest absolute Gasteiger partial charge is 0.336 e. The molecule has 1 unspecified atom stereocenters. The number of halogens is 1. The number of hydrogen-bond donors (Lipinski definition) is 1. The minimum Gasteiger partial charge on any atom is -0.423 e. The van der Waals surface area contributed by atoms with E-state index in [9.17, 15) is 24.5 Å². The van der Waals surface area contributed by atoms with E-state index in [4.69, 9.17) is 16.0 Å². The Bertz CT molecular complexity index is 1350. The highest BCUT2D eigenvalue weighted by Gasteiger charge is 2.49. The van der Waals surface area contributed by atoms with Crippen LogP contribution in [0, 0.1) is 10.1 Å². The van der Waals surface area contributed by atoms with Crippen LogP contribution in [0.3, 0.4) is 0 Å². The summed E-state index contributed by atoms with van der Waals surface area (Å²) in [6.07, 6.45) is 0.636. The van der Waals surface area contributed by atoms with E-state index in [1.54, 1.807) is 12.1 Å². The van der Waals surface area contributed by atoms with Gasteiger partial charge in [0.05, 0.1) is 11.5 Å². The summed E-state index contributed by atoms with van der Waals surface area (Å²) in [6.45, 7) is 3.20. The number of benzene rings is 2. The molecule has 164 valence electrons. The number of carbonyl (C=O) groups excluding carboxylic acids is 2. The second kappa shape index (κ2) is 7.76. The topological polar surface area (TPSA) is 123 Å². The lowest BCUT2D eigenvalue weighted by molar-refractivity contribution is -0.385. The Kier molecular flexibility index (Phi) is 5.21. The van der Waals surface area contributed by atoms with Crippen LogP contribution in [0.1, 0.15) is 30.5 Å².